The molecule has 2 heterocycles. The fraction of sp³-hybridized carbons (Fsp3) is 0.0667. The summed E-state index contributed by atoms with van der Waals surface area (Å²) < 4.78 is 5.64. The number of aromatic nitrogens is 2. The highest BCUT2D eigenvalue weighted by Gasteiger charge is 2.15. The van der Waals surface area contributed by atoms with Gasteiger partial charge in [0.15, 0.2) is 0 Å². The van der Waals surface area contributed by atoms with Crippen molar-refractivity contribution in [2.24, 2.45) is 0 Å². The number of rotatable bonds is 4. The number of pyridine rings is 2. The summed E-state index contributed by atoms with van der Waals surface area (Å²) in [6.45, 7) is 4.40. The molecule has 0 bridgehead atoms. The maximum Gasteiger partial charge on any atom is 0.128 e. The van der Waals surface area contributed by atoms with Gasteiger partial charge in [0, 0.05) is 21.9 Å². The van der Waals surface area contributed by atoms with Gasteiger partial charge in [-0.1, -0.05) is 103 Å². The van der Waals surface area contributed by atoms with Gasteiger partial charge in [0.05, 0.1) is 29.5 Å². The molecular formula is C45H32N2O. The molecule has 48 heavy (non-hydrogen) atoms. The molecule has 9 rings (SSSR count). The lowest BCUT2D eigenvalue weighted by molar-refractivity contribution is 0.416. The molecule has 9 aromatic rings. The molecule has 0 amide bonds. The van der Waals surface area contributed by atoms with Crippen molar-refractivity contribution < 1.29 is 4.74 Å². The predicted octanol–water partition coefficient (Wildman–Crippen LogP) is 11.9. The van der Waals surface area contributed by atoms with E-state index in [1.165, 1.54) is 54.6 Å². The summed E-state index contributed by atoms with van der Waals surface area (Å²) >= 11 is 0. The SMILES string of the molecule is COc1ccccc1-c1ccc2ccc3ccc(-c4cc(C)c(-c5ccc6c7ccccc7c7ccccc7c6c5)cc4C)nc3c2n1. The summed E-state index contributed by atoms with van der Waals surface area (Å²) in [6.07, 6.45) is 0. The van der Waals surface area contributed by atoms with E-state index in [0.29, 0.717) is 0 Å². The van der Waals surface area contributed by atoms with E-state index in [9.17, 15) is 0 Å². The van der Waals surface area contributed by atoms with Crippen LogP contribution in [0.25, 0.3) is 87.8 Å². The van der Waals surface area contributed by atoms with E-state index in [1.54, 1.807) is 7.11 Å². The zero-order valence-electron chi connectivity index (χ0n) is 27.1. The van der Waals surface area contributed by atoms with Crippen LogP contribution in [0.15, 0.2) is 140 Å². The standard InChI is InChI=1S/C45H32N2O/c1-27-25-39(42-23-20-30-17-16-29-19-22-41(46-44(29)45(30)47-42)37-14-8-9-15-43(37)48-3)28(2)24-38(27)31-18-21-36-34-12-5-4-10-32(34)33-11-6-7-13-35(33)40(36)26-31/h4-26H,1-3H3. The summed E-state index contributed by atoms with van der Waals surface area (Å²) in [4.78, 5) is 10.4. The fourth-order valence-electron chi connectivity index (χ4n) is 7.40. The zero-order chi connectivity index (χ0) is 32.4. The van der Waals surface area contributed by atoms with Crippen LogP contribution in [0.2, 0.25) is 0 Å². The number of ether oxygens (including phenoxy) is 1. The van der Waals surface area contributed by atoms with E-state index in [1.807, 2.05) is 24.3 Å². The second-order valence-electron chi connectivity index (χ2n) is 12.6. The molecule has 0 spiro atoms. The molecule has 0 aliphatic heterocycles. The van der Waals surface area contributed by atoms with Gasteiger partial charge in [-0.2, -0.15) is 0 Å². The molecule has 228 valence electrons. The first-order chi connectivity index (χ1) is 23.6. The van der Waals surface area contributed by atoms with Crippen molar-refractivity contribution >= 4 is 54.1 Å². The minimum Gasteiger partial charge on any atom is -0.496 e. The number of benzene rings is 7. The first kappa shape index (κ1) is 28.2. The van der Waals surface area contributed by atoms with Crippen LogP contribution in [0.4, 0.5) is 0 Å². The third-order valence-electron chi connectivity index (χ3n) is 9.81. The maximum atomic E-state index is 5.64. The van der Waals surface area contributed by atoms with Crippen LogP contribution in [-0.4, -0.2) is 17.1 Å². The van der Waals surface area contributed by atoms with Crippen molar-refractivity contribution in [1.29, 1.82) is 0 Å². The fourth-order valence-corrected chi connectivity index (χ4v) is 7.40. The lowest BCUT2D eigenvalue weighted by atomic mass is 9.89. The van der Waals surface area contributed by atoms with Gasteiger partial charge in [0.25, 0.3) is 0 Å². The van der Waals surface area contributed by atoms with E-state index >= 15 is 0 Å². The number of aryl methyl sites for hydroxylation is 2. The highest BCUT2D eigenvalue weighted by Crippen LogP contribution is 2.39. The smallest absolute Gasteiger partial charge is 0.128 e. The van der Waals surface area contributed by atoms with Gasteiger partial charge < -0.3 is 4.74 Å². The first-order valence-electron chi connectivity index (χ1n) is 16.4. The van der Waals surface area contributed by atoms with E-state index in [-0.39, 0.29) is 0 Å². The molecular weight excluding hydrogens is 585 g/mol. The Labute approximate surface area is 279 Å². The van der Waals surface area contributed by atoms with E-state index in [2.05, 4.69) is 129 Å². The van der Waals surface area contributed by atoms with Gasteiger partial charge in [0.1, 0.15) is 5.75 Å². The van der Waals surface area contributed by atoms with Gasteiger partial charge in [-0.3, -0.25) is 0 Å². The van der Waals surface area contributed by atoms with Crippen molar-refractivity contribution in [1.82, 2.24) is 9.97 Å². The van der Waals surface area contributed by atoms with Crippen molar-refractivity contribution in [3.8, 4) is 39.4 Å². The van der Waals surface area contributed by atoms with Crippen molar-refractivity contribution in [2.75, 3.05) is 7.11 Å². The molecule has 0 N–H and O–H groups in total. The Bertz CT molecular complexity index is 2710. The van der Waals surface area contributed by atoms with Crippen LogP contribution < -0.4 is 4.74 Å². The van der Waals surface area contributed by atoms with Crippen molar-refractivity contribution in [2.45, 2.75) is 13.8 Å². The molecule has 0 radical (unpaired) electrons. The Hall–Kier alpha value is -6.06. The molecule has 0 saturated heterocycles. The third kappa shape index (κ3) is 4.43. The minimum absolute atomic E-state index is 0.803. The Morgan fingerprint density at radius 3 is 1.52 bits per heavy atom. The summed E-state index contributed by atoms with van der Waals surface area (Å²) in [5, 5.41) is 9.87. The number of fused-ring (bicyclic) bond motifs is 9. The average molecular weight is 617 g/mol. The molecule has 3 nitrogen and oxygen atoms in total. The van der Waals surface area contributed by atoms with E-state index in [4.69, 9.17) is 14.7 Å². The second kappa shape index (κ2) is 11.0. The van der Waals surface area contributed by atoms with Crippen LogP contribution in [0.5, 0.6) is 5.75 Å². The second-order valence-corrected chi connectivity index (χ2v) is 12.6. The normalized spacial score (nSPS) is 11.6. The summed E-state index contributed by atoms with van der Waals surface area (Å²) in [5.41, 5.74) is 10.6. The topological polar surface area (TPSA) is 35.0 Å². The zero-order valence-corrected chi connectivity index (χ0v) is 27.1. The maximum absolute atomic E-state index is 5.64. The van der Waals surface area contributed by atoms with Gasteiger partial charge in [-0.15, -0.1) is 0 Å². The number of hydrogen-bond donors (Lipinski definition) is 0. The average Bonchev–Trinajstić information content (AvgIpc) is 3.15. The van der Waals surface area contributed by atoms with Crippen molar-refractivity contribution in [3.63, 3.8) is 0 Å². The number of nitrogens with zero attached hydrogens (tertiary/aromatic N) is 2. The lowest BCUT2D eigenvalue weighted by Crippen LogP contribution is -1.95. The Kier molecular flexibility index (Phi) is 6.48. The summed E-state index contributed by atoms with van der Waals surface area (Å²) in [6, 6.07) is 49.8. The van der Waals surface area contributed by atoms with Gasteiger partial charge in [-0.25, -0.2) is 9.97 Å². The molecule has 2 aromatic heterocycles. The number of hydrogen-bond acceptors (Lipinski definition) is 3. The number of para-hydroxylation sites is 1. The molecule has 3 heteroatoms. The van der Waals surface area contributed by atoms with E-state index in [0.717, 1.165) is 50.1 Å². The lowest BCUT2D eigenvalue weighted by Gasteiger charge is -2.15. The van der Waals surface area contributed by atoms with Gasteiger partial charge in [-0.05, 0) is 105 Å². The summed E-state index contributed by atoms with van der Waals surface area (Å²) in [7, 11) is 1.70. The van der Waals surface area contributed by atoms with Gasteiger partial charge in [0.2, 0.25) is 0 Å². The number of methoxy groups -OCH3 is 1. The van der Waals surface area contributed by atoms with E-state index < -0.39 is 0 Å². The molecule has 0 atom stereocenters. The highest BCUT2D eigenvalue weighted by atomic mass is 16.5. The predicted molar refractivity (Wildman–Crippen MR) is 202 cm³/mol. The van der Waals surface area contributed by atoms with Crippen LogP contribution in [0, 0.1) is 13.8 Å². The molecule has 0 saturated carbocycles. The molecule has 0 aliphatic carbocycles. The van der Waals surface area contributed by atoms with Crippen LogP contribution >= 0.6 is 0 Å². The van der Waals surface area contributed by atoms with Crippen LogP contribution in [-0.2, 0) is 0 Å². The Balaban J connectivity index is 1.17. The molecule has 7 aromatic carbocycles. The van der Waals surface area contributed by atoms with Crippen molar-refractivity contribution in [3.05, 3.63) is 151 Å². The molecule has 0 aliphatic rings. The monoisotopic (exact) mass is 616 g/mol. The summed E-state index contributed by atoms with van der Waals surface area (Å²) in [5.74, 6) is 0.803. The highest BCUT2D eigenvalue weighted by molar-refractivity contribution is 6.25. The molecule has 0 fully saturated rings. The first-order valence-corrected chi connectivity index (χ1v) is 16.4. The minimum atomic E-state index is 0.803. The Morgan fingerprint density at radius 1 is 0.417 bits per heavy atom. The largest absolute Gasteiger partial charge is 0.496 e. The van der Waals surface area contributed by atoms with Gasteiger partial charge >= 0.3 is 0 Å². The quantitative estimate of drug-likeness (QED) is 0.185. The Morgan fingerprint density at radius 2 is 0.896 bits per heavy atom. The molecule has 0 unspecified atom stereocenters. The van der Waals surface area contributed by atoms with Crippen LogP contribution in [0.1, 0.15) is 11.1 Å². The third-order valence-corrected chi connectivity index (χ3v) is 9.81. The van der Waals surface area contributed by atoms with Crippen LogP contribution in [0.3, 0.4) is 0 Å².